The van der Waals surface area contributed by atoms with Crippen LogP contribution in [0.15, 0.2) is 0 Å². The van der Waals surface area contributed by atoms with Crippen LogP contribution < -0.4 is 0 Å². The van der Waals surface area contributed by atoms with Crippen LogP contribution in [0.5, 0.6) is 0 Å². The minimum absolute atomic E-state index is 0.677. The fourth-order valence-corrected chi connectivity index (χ4v) is 1.12. The van der Waals surface area contributed by atoms with Crippen LogP contribution in [0.1, 0.15) is 25.7 Å². The van der Waals surface area contributed by atoms with Crippen LogP contribution in [0.3, 0.4) is 0 Å². The summed E-state index contributed by atoms with van der Waals surface area (Å²) in [5.41, 5.74) is 0. The molecule has 9 heavy (non-hydrogen) atoms. The largest absolute Gasteiger partial charge is 0.458 e. The van der Waals surface area contributed by atoms with Crippen molar-refractivity contribution in [1.82, 2.24) is 0 Å². The molecule has 0 heterocycles. The van der Waals surface area contributed by atoms with Crippen molar-refractivity contribution >= 4 is 23.3 Å². The zero-order valence-corrected chi connectivity index (χ0v) is 7.01. The molecule has 54 valence electrons. The molecule has 0 aliphatic carbocycles. The van der Waals surface area contributed by atoms with Gasteiger partial charge in [0.25, 0.3) is 0 Å². The summed E-state index contributed by atoms with van der Waals surface area (Å²) >= 11 is 6.12. The number of alkyl halides is 1. The van der Waals surface area contributed by atoms with Crippen molar-refractivity contribution < 1.29 is 4.21 Å². The molecule has 0 spiro atoms. The van der Waals surface area contributed by atoms with Crippen molar-refractivity contribution in [2.75, 3.05) is 11.6 Å². The van der Waals surface area contributed by atoms with Crippen LogP contribution in [-0.4, -0.2) is 11.6 Å². The normalized spacial score (nSPS) is 9.44. The molecule has 0 bridgehead atoms. The molecule has 3 heteroatoms. The molecule has 0 unspecified atom stereocenters. The van der Waals surface area contributed by atoms with Gasteiger partial charge in [0, 0.05) is 16.5 Å². The maximum Gasteiger partial charge on any atom is 0.458 e. The van der Waals surface area contributed by atoms with E-state index < -0.39 is 0 Å². The zero-order valence-electron chi connectivity index (χ0n) is 5.44. The summed E-state index contributed by atoms with van der Waals surface area (Å²) in [5.74, 6) is 1.51. The summed E-state index contributed by atoms with van der Waals surface area (Å²) in [5, 5.41) is 0. The van der Waals surface area contributed by atoms with Crippen molar-refractivity contribution in [3.05, 3.63) is 0 Å². The third kappa shape index (κ3) is 8.31. The quantitative estimate of drug-likeness (QED) is 0.337. The Balaban J connectivity index is 2.66. The SMILES string of the molecule is O=[S+]CCCCCCCl. The minimum atomic E-state index is 0.677. The summed E-state index contributed by atoms with van der Waals surface area (Å²) in [6, 6.07) is 0. The highest BCUT2D eigenvalue weighted by molar-refractivity contribution is 7.65. The molecule has 0 aromatic heterocycles. The Morgan fingerprint density at radius 2 is 1.78 bits per heavy atom. The fourth-order valence-electron chi connectivity index (χ4n) is 0.609. The molecule has 0 rings (SSSR count). The second kappa shape index (κ2) is 8.31. The number of hydrogen-bond donors (Lipinski definition) is 0. The molecule has 0 amide bonds. The smallest absolute Gasteiger partial charge is 0.127 e. The average Bonchev–Trinajstić information content (AvgIpc) is 1.89. The summed E-state index contributed by atoms with van der Waals surface area (Å²) in [6.07, 6.45) is 4.46. The predicted octanol–water partition coefficient (Wildman–Crippen LogP) is 2.21. The van der Waals surface area contributed by atoms with Gasteiger partial charge >= 0.3 is 11.7 Å². The van der Waals surface area contributed by atoms with Gasteiger partial charge in [0.15, 0.2) is 0 Å². The Kier molecular flexibility index (Phi) is 8.60. The number of rotatable bonds is 6. The number of hydrogen-bond acceptors (Lipinski definition) is 1. The van der Waals surface area contributed by atoms with Gasteiger partial charge < -0.3 is 0 Å². The standard InChI is InChI=1S/C6H12ClOS/c7-5-3-1-2-4-6-9-8/h1-6H2/q+1. The molecule has 1 nitrogen and oxygen atoms in total. The summed E-state index contributed by atoms with van der Waals surface area (Å²) in [7, 11) is 0. The van der Waals surface area contributed by atoms with E-state index in [4.69, 9.17) is 11.6 Å². The molecule has 0 aromatic carbocycles. The highest BCUT2D eigenvalue weighted by Crippen LogP contribution is 1.99. The zero-order chi connectivity index (χ0) is 6.95. The van der Waals surface area contributed by atoms with Gasteiger partial charge in [-0.25, -0.2) is 0 Å². The minimum Gasteiger partial charge on any atom is -0.127 e. The molecular weight excluding hydrogens is 156 g/mol. The van der Waals surface area contributed by atoms with Gasteiger partial charge in [0.1, 0.15) is 0 Å². The lowest BCUT2D eigenvalue weighted by atomic mass is 10.2. The Hall–Kier alpha value is 0.310. The first kappa shape index (κ1) is 9.31. The van der Waals surface area contributed by atoms with Crippen LogP contribution in [-0.2, 0) is 15.9 Å². The molecule has 0 fully saturated rings. The van der Waals surface area contributed by atoms with E-state index in [1.807, 2.05) is 0 Å². The van der Waals surface area contributed by atoms with E-state index in [0.29, 0.717) is 11.7 Å². The molecule has 0 N–H and O–H groups in total. The molecular formula is C6H12ClOS+. The maximum atomic E-state index is 9.85. The van der Waals surface area contributed by atoms with Crippen LogP contribution >= 0.6 is 11.6 Å². The van der Waals surface area contributed by atoms with E-state index in [9.17, 15) is 4.21 Å². The Morgan fingerprint density at radius 3 is 2.33 bits per heavy atom. The second-order valence-corrected chi connectivity index (χ2v) is 2.95. The first-order valence-electron chi connectivity index (χ1n) is 3.22. The van der Waals surface area contributed by atoms with Gasteiger partial charge in [0.2, 0.25) is 5.75 Å². The molecule has 0 atom stereocenters. The molecule has 0 saturated heterocycles. The van der Waals surface area contributed by atoms with Gasteiger partial charge in [0.05, 0.1) is 0 Å². The first-order valence-corrected chi connectivity index (χ1v) is 4.67. The van der Waals surface area contributed by atoms with Crippen LogP contribution in [0.25, 0.3) is 0 Å². The lowest BCUT2D eigenvalue weighted by Crippen LogP contribution is -1.83. The van der Waals surface area contributed by atoms with Crippen molar-refractivity contribution in [2.24, 2.45) is 0 Å². The first-order chi connectivity index (χ1) is 4.41. The molecule has 0 aromatic rings. The molecule has 0 aliphatic heterocycles. The van der Waals surface area contributed by atoms with Crippen LogP contribution in [0, 0.1) is 0 Å². The second-order valence-electron chi connectivity index (χ2n) is 1.93. The third-order valence-corrected chi connectivity index (χ3v) is 1.83. The van der Waals surface area contributed by atoms with Gasteiger partial charge in [-0.1, -0.05) is 6.42 Å². The lowest BCUT2D eigenvalue weighted by Gasteiger charge is -1.89. The third-order valence-electron chi connectivity index (χ3n) is 1.11. The maximum absolute atomic E-state index is 9.85. The number of unbranched alkanes of at least 4 members (excludes halogenated alkanes) is 3. The van der Waals surface area contributed by atoms with Crippen molar-refractivity contribution in [3.63, 3.8) is 0 Å². The fraction of sp³-hybridized carbons (Fsp3) is 1.00. The van der Waals surface area contributed by atoms with Crippen molar-refractivity contribution in [1.29, 1.82) is 0 Å². The Bertz CT molecular complexity index is 68.1. The molecule has 0 aliphatic rings. The number of halogens is 1. The Morgan fingerprint density at radius 1 is 1.11 bits per heavy atom. The molecule has 0 saturated carbocycles. The predicted molar refractivity (Wildman–Crippen MR) is 42.1 cm³/mol. The Labute approximate surface area is 65.3 Å². The van der Waals surface area contributed by atoms with Crippen molar-refractivity contribution in [3.8, 4) is 0 Å². The van der Waals surface area contributed by atoms with Gasteiger partial charge in [-0.3, -0.25) is 0 Å². The van der Waals surface area contributed by atoms with E-state index in [1.54, 1.807) is 0 Å². The van der Waals surface area contributed by atoms with E-state index in [-0.39, 0.29) is 0 Å². The van der Waals surface area contributed by atoms with E-state index in [2.05, 4.69) is 0 Å². The summed E-state index contributed by atoms with van der Waals surface area (Å²) < 4.78 is 9.85. The van der Waals surface area contributed by atoms with Crippen LogP contribution in [0.4, 0.5) is 0 Å². The highest BCUT2D eigenvalue weighted by atomic mass is 35.5. The van der Waals surface area contributed by atoms with E-state index in [1.165, 1.54) is 6.42 Å². The van der Waals surface area contributed by atoms with E-state index in [0.717, 1.165) is 30.9 Å². The summed E-state index contributed by atoms with van der Waals surface area (Å²) in [4.78, 5) is 0. The van der Waals surface area contributed by atoms with Gasteiger partial charge in [-0.05, 0) is 12.8 Å². The van der Waals surface area contributed by atoms with Gasteiger partial charge in [-0.15, -0.1) is 11.6 Å². The monoisotopic (exact) mass is 167 g/mol. The highest BCUT2D eigenvalue weighted by Gasteiger charge is 1.95. The van der Waals surface area contributed by atoms with Crippen molar-refractivity contribution in [2.45, 2.75) is 25.7 Å². The summed E-state index contributed by atoms with van der Waals surface area (Å²) in [6.45, 7) is 0. The average molecular weight is 168 g/mol. The molecule has 0 radical (unpaired) electrons. The van der Waals surface area contributed by atoms with Gasteiger partial charge in [-0.2, -0.15) is 0 Å². The lowest BCUT2D eigenvalue weighted by molar-refractivity contribution is 0.601. The van der Waals surface area contributed by atoms with Crippen LogP contribution in [0.2, 0.25) is 0 Å². The van der Waals surface area contributed by atoms with E-state index >= 15 is 0 Å². The topological polar surface area (TPSA) is 17.1 Å².